The monoisotopic (exact) mass is 550 g/mol. The first-order valence-electron chi connectivity index (χ1n) is 12.0. The van der Waals surface area contributed by atoms with Gasteiger partial charge in [-0.25, -0.2) is 4.68 Å². The van der Waals surface area contributed by atoms with Crippen molar-refractivity contribution < 1.29 is 14.0 Å². The van der Waals surface area contributed by atoms with Gasteiger partial charge < -0.3 is 14.6 Å². The van der Waals surface area contributed by atoms with Gasteiger partial charge in [-0.1, -0.05) is 74.3 Å². The molecule has 0 aliphatic carbocycles. The molecule has 0 fully saturated rings. The Kier molecular flexibility index (Phi) is 8.39. The second kappa shape index (κ2) is 11.7. The zero-order valence-corrected chi connectivity index (χ0v) is 22.8. The van der Waals surface area contributed by atoms with Crippen LogP contribution >= 0.6 is 23.2 Å². The molecule has 7 nitrogen and oxygen atoms in total. The third-order valence-electron chi connectivity index (χ3n) is 5.68. The molecule has 2 amide bonds. The van der Waals surface area contributed by atoms with Crippen molar-refractivity contribution in [3.63, 3.8) is 0 Å². The van der Waals surface area contributed by atoms with Gasteiger partial charge >= 0.3 is 0 Å². The van der Waals surface area contributed by atoms with E-state index in [9.17, 15) is 9.59 Å². The van der Waals surface area contributed by atoms with Crippen LogP contribution in [0.2, 0.25) is 10.0 Å². The van der Waals surface area contributed by atoms with Crippen molar-refractivity contribution in [3.8, 4) is 5.69 Å². The van der Waals surface area contributed by atoms with Crippen molar-refractivity contribution >= 4 is 46.9 Å². The number of halogens is 2. The standard InChI is InChI=1S/C29H28Cl2N4O3/c1-29(2,3)25-17-26(35(33-25)21-12-13-23(30)24(31)16-21)32-27(36)19-34(18-22-10-7-15-38-22)28(37)14-11-20-8-5-4-6-9-20/h4-17H,18-19H2,1-3H3,(H,32,36)/b14-11+. The highest BCUT2D eigenvalue weighted by atomic mass is 35.5. The highest BCUT2D eigenvalue weighted by molar-refractivity contribution is 6.42. The normalized spacial score (nSPS) is 11.6. The van der Waals surface area contributed by atoms with Gasteiger partial charge in [0.15, 0.2) is 0 Å². The Hall–Kier alpha value is -3.81. The highest BCUT2D eigenvalue weighted by Gasteiger charge is 2.23. The Morgan fingerprint density at radius 1 is 1.03 bits per heavy atom. The van der Waals surface area contributed by atoms with Crippen molar-refractivity contribution in [2.75, 3.05) is 11.9 Å². The van der Waals surface area contributed by atoms with E-state index in [2.05, 4.69) is 5.32 Å². The largest absolute Gasteiger partial charge is 0.467 e. The van der Waals surface area contributed by atoms with E-state index in [4.69, 9.17) is 32.7 Å². The summed E-state index contributed by atoms with van der Waals surface area (Å²) in [5, 5.41) is 8.40. The molecule has 0 radical (unpaired) electrons. The second-order valence-corrected chi connectivity index (χ2v) is 10.6. The van der Waals surface area contributed by atoms with Crippen molar-refractivity contribution in [2.45, 2.75) is 32.7 Å². The van der Waals surface area contributed by atoms with E-state index in [1.165, 1.54) is 17.2 Å². The number of carbonyl (C=O) groups excluding carboxylic acids is 2. The van der Waals surface area contributed by atoms with E-state index in [-0.39, 0.29) is 30.3 Å². The minimum atomic E-state index is -0.389. The third-order valence-corrected chi connectivity index (χ3v) is 6.42. The number of anilines is 1. The quantitative estimate of drug-likeness (QED) is 0.246. The fourth-order valence-electron chi connectivity index (χ4n) is 3.65. The molecule has 0 aliphatic heterocycles. The summed E-state index contributed by atoms with van der Waals surface area (Å²) in [6, 6.07) is 19.9. The average Bonchev–Trinajstić information content (AvgIpc) is 3.54. The molecule has 9 heteroatoms. The van der Waals surface area contributed by atoms with E-state index >= 15 is 0 Å². The Balaban J connectivity index is 1.58. The van der Waals surface area contributed by atoms with E-state index in [0.717, 1.165) is 11.3 Å². The van der Waals surface area contributed by atoms with Crippen molar-refractivity contribution in [3.05, 3.63) is 106 Å². The summed E-state index contributed by atoms with van der Waals surface area (Å²) in [4.78, 5) is 27.8. The maximum atomic E-state index is 13.2. The smallest absolute Gasteiger partial charge is 0.247 e. The predicted molar refractivity (Wildman–Crippen MR) is 151 cm³/mol. The van der Waals surface area contributed by atoms with Crippen LogP contribution in [-0.4, -0.2) is 33.0 Å². The molecule has 0 unspecified atom stereocenters. The van der Waals surface area contributed by atoms with Crippen LogP contribution < -0.4 is 5.32 Å². The number of rotatable bonds is 8. The zero-order valence-electron chi connectivity index (χ0n) is 21.3. The molecule has 0 aliphatic rings. The Labute approximate surface area is 231 Å². The SMILES string of the molecule is CC(C)(C)c1cc(NC(=O)CN(Cc2ccco2)C(=O)/C=C/c2ccccc2)n(-c2ccc(Cl)c(Cl)c2)n1. The van der Waals surface area contributed by atoms with E-state index in [1.807, 2.05) is 57.2 Å². The molecule has 4 aromatic rings. The van der Waals surface area contributed by atoms with Crippen LogP contribution in [0.1, 0.15) is 37.8 Å². The highest BCUT2D eigenvalue weighted by Crippen LogP contribution is 2.29. The number of hydrogen-bond donors (Lipinski definition) is 1. The molecule has 0 bridgehead atoms. The number of aromatic nitrogens is 2. The zero-order chi connectivity index (χ0) is 27.3. The first-order valence-corrected chi connectivity index (χ1v) is 12.8. The second-order valence-electron chi connectivity index (χ2n) is 9.74. The number of nitrogens with one attached hydrogen (secondary N) is 1. The topological polar surface area (TPSA) is 80.4 Å². The van der Waals surface area contributed by atoms with Crippen molar-refractivity contribution in [1.29, 1.82) is 0 Å². The molecule has 1 N–H and O–H groups in total. The number of nitrogens with zero attached hydrogens (tertiary/aromatic N) is 3. The van der Waals surface area contributed by atoms with Gasteiger partial charge in [0.05, 0.1) is 34.2 Å². The molecule has 0 atom stereocenters. The number of benzene rings is 2. The van der Waals surface area contributed by atoms with Crippen molar-refractivity contribution in [2.24, 2.45) is 0 Å². The van der Waals surface area contributed by atoms with Crippen LogP contribution in [0, 0.1) is 0 Å². The molecule has 0 saturated carbocycles. The molecule has 196 valence electrons. The van der Waals surface area contributed by atoms with Crippen LogP contribution in [0.5, 0.6) is 0 Å². The molecule has 0 saturated heterocycles. The third kappa shape index (κ3) is 6.94. The van der Waals surface area contributed by atoms with Gasteiger partial charge in [-0.15, -0.1) is 0 Å². The summed E-state index contributed by atoms with van der Waals surface area (Å²) in [5.41, 5.74) is 2.01. The Morgan fingerprint density at radius 2 is 1.79 bits per heavy atom. The average molecular weight is 551 g/mol. The summed E-state index contributed by atoms with van der Waals surface area (Å²) in [6.45, 7) is 6.03. The van der Waals surface area contributed by atoms with E-state index in [1.54, 1.807) is 41.1 Å². The van der Waals surface area contributed by atoms with Crippen molar-refractivity contribution in [1.82, 2.24) is 14.7 Å². The van der Waals surface area contributed by atoms with E-state index in [0.29, 0.717) is 27.3 Å². The molecular formula is C29H28Cl2N4O3. The lowest BCUT2D eigenvalue weighted by atomic mass is 9.92. The van der Waals surface area contributed by atoms with Crippen LogP contribution in [0.4, 0.5) is 5.82 Å². The maximum Gasteiger partial charge on any atom is 0.247 e. The van der Waals surface area contributed by atoms with Gasteiger partial charge in [-0.05, 0) is 42.0 Å². The number of amides is 2. The van der Waals surface area contributed by atoms with Crippen LogP contribution in [0.3, 0.4) is 0 Å². The number of hydrogen-bond acceptors (Lipinski definition) is 4. The lowest BCUT2D eigenvalue weighted by Crippen LogP contribution is -2.36. The van der Waals surface area contributed by atoms with Gasteiger partial charge in [-0.3, -0.25) is 9.59 Å². The number of carbonyl (C=O) groups is 2. The fraction of sp³-hybridized carbons (Fsp3) is 0.207. The Morgan fingerprint density at radius 3 is 2.45 bits per heavy atom. The van der Waals surface area contributed by atoms with E-state index < -0.39 is 0 Å². The number of furan rings is 1. The molecule has 4 rings (SSSR count). The predicted octanol–water partition coefficient (Wildman–Crippen LogP) is 6.75. The van der Waals surface area contributed by atoms with Gasteiger partial charge in [0.1, 0.15) is 18.1 Å². The molecule has 38 heavy (non-hydrogen) atoms. The van der Waals surface area contributed by atoms with Crippen LogP contribution in [0.15, 0.2) is 83.5 Å². The summed E-state index contributed by atoms with van der Waals surface area (Å²) >= 11 is 12.3. The minimum absolute atomic E-state index is 0.137. The van der Waals surface area contributed by atoms with Gasteiger partial charge in [0.2, 0.25) is 11.8 Å². The summed E-state index contributed by atoms with van der Waals surface area (Å²) < 4.78 is 7.03. The summed E-state index contributed by atoms with van der Waals surface area (Å²) in [5.74, 6) is 0.298. The van der Waals surface area contributed by atoms with Gasteiger partial charge in [0.25, 0.3) is 0 Å². The maximum absolute atomic E-state index is 13.2. The van der Waals surface area contributed by atoms with Gasteiger partial charge in [0, 0.05) is 17.6 Å². The van der Waals surface area contributed by atoms with Crippen LogP contribution in [0.25, 0.3) is 11.8 Å². The first kappa shape index (κ1) is 27.2. The fourth-order valence-corrected chi connectivity index (χ4v) is 3.94. The minimum Gasteiger partial charge on any atom is -0.467 e. The molecular weight excluding hydrogens is 523 g/mol. The molecule has 2 heterocycles. The van der Waals surface area contributed by atoms with Crippen LogP contribution in [-0.2, 0) is 21.5 Å². The lowest BCUT2D eigenvalue weighted by Gasteiger charge is -2.20. The first-order chi connectivity index (χ1) is 18.1. The summed E-state index contributed by atoms with van der Waals surface area (Å²) in [7, 11) is 0. The summed E-state index contributed by atoms with van der Waals surface area (Å²) in [6.07, 6.45) is 4.69. The molecule has 2 aromatic carbocycles. The molecule has 0 spiro atoms. The lowest BCUT2D eigenvalue weighted by molar-refractivity contribution is -0.131. The van der Waals surface area contributed by atoms with Gasteiger partial charge in [-0.2, -0.15) is 5.10 Å². The molecule has 2 aromatic heterocycles. The Bertz CT molecular complexity index is 1440.